The van der Waals surface area contributed by atoms with E-state index in [1.54, 1.807) is 0 Å². The first-order valence-corrected chi connectivity index (χ1v) is 12.9. The van der Waals surface area contributed by atoms with Crippen LogP contribution in [0.25, 0.3) is 0 Å². The molecule has 1 aliphatic heterocycles. The van der Waals surface area contributed by atoms with Gasteiger partial charge in [-0.1, -0.05) is 57.6 Å². The molecule has 0 radical (unpaired) electrons. The zero-order chi connectivity index (χ0) is 22.5. The molecule has 2 N–H and O–H groups in total. The van der Waals surface area contributed by atoms with Gasteiger partial charge in [-0.2, -0.15) is 0 Å². The van der Waals surface area contributed by atoms with Gasteiger partial charge in [-0.05, 0) is 50.9 Å². The van der Waals surface area contributed by atoms with Crippen LogP contribution in [0.15, 0.2) is 12.2 Å². The highest BCUT2D eigenvalue weighted by Crippen LogP contribution is 2.34. The van der Waals surface area contributed by atoms with E-state index < -0.39 is 0 Å². The molecular formula is C26H45NO4. The first-order valence-electron chi connectivity index (χ1n) is 12.9. The fourth-order valence-electron chi connectivity index (χ4n) is 5.17. The van der Waals surface area contributed by atoms with Crippen LogP contribution in [0.3, 0.4) is 0 Å². The third kappa shape index (κ3) is 9.05. The number of allylic oxidation sites excluding steroid dienone is 1. The Morgan fingerprint density at radius 1 is 1.13 bits per heavy atom. The molecule has 5 heteroatoms. The molecular weight excluding hydrogens is 390 g/mol. The summed E-state index contributed by atoms with van der Waals surface area (Å²) in [6, 6.07) is 0.0183. The van der Waals surface area contributed by atoms with Crippen molar-refractivity contribution in [2.75, 3.05) is 13.2 Å². The zero-order valence-corrected chi connectivity index (χ0v) is 19.6. The summed E-state index contributed by atoms with van der Waals surface area (Å²) in [5.74, 6) is 0.960. The maximum absolute atomic E-state index is 12.4. The SMILES string of the molecule is CCCCC[C@H](O)/C=C/[C@H]1CCC(=O)[C@@H]1CCCCCCC(=O)N1CCCCC1CO. The van der Waals surface area contributed by atoms with E-state index in [0.29, 0.717) is 18.6 Å². The third-order valence-electron chi connectivity index (χ3n) is 7.15. The van der Waals surface area contributed by atoms with Crippen molar-refractivity contribution in [1.29, 1.82) is 0 Å². The number of carbonyl (C=O) groups excluding carboxylic acids is 2. The monoisotopic (exact) mass is 435 g/mol. The molecule has 178 valence electrons. The van der Waals surface area contributed by atoms with Gasteiger partial charge in [0.25, 0.3) is 0 Å². The topological polar surface area (TPSA) is 77.8 Å². The summed E-state index contributed by atoms with van der Waals surface area (Å²) in [4.78, 5) is 26.6. The summed E-state index contributed by atoms with van der Waals surface area (Å²) in [7, 11) is 0. The molecule has 1 saturated carbocycles. The number of hydrogen-bond donors (Lipinski definition) is 2. The highest BCUT2D eigenvalue weighted by Gasteiger charge is 2.32. The fraction of sp³-hybridized carbons (Fsp3) is 0.846. The van der Waals surface area contributed by atoms with E-state index >= 15 is 0 Å². The average molecular weight is 436 g/mol. The number of unbranched alkanes of at least 4 members (excludes halogenated alkanes) is 5. The van der Waals surface area contributed by atoms with Crippen LogP contribution in [0, 0.1) is 11.8 Å². The number of carbonyl (C=O) groups is 2. The maximum Gasteiger partial charge on any atom is 0.222 e. The van der Waals surface area contributed by atoms with Gasteiger partial charge in [0.1, 0.15) is 5.78 Å². The van der Waals surface area contributed by atoms with Crippen LogP contribution < -0.4 is 0 Å². The summed E-state index contributed by atoms with van der Waals surface area (Å²) in [6.45, 7) is 3.03. The Hall–Kier alpha value is -1.20. The number of aliphatic hydroxyl groups excluding tert-OH is 2. The Balaban J connectivity index is 1.62. The molecule has 1 amide bonds. The van der Waals surface area contributed by atoms with Crippen LogP contribution in [0.1, 0.15) is 103 Å². The largest absolute Gasteiger partial charge is 0.394 e. The second-order valence-corrected chi connectivity index (χ2v) is 9.60. The Bertz CT molecular complexity index is 562. The van der Waals surface area contributed by atoms with Crippen molar-refractivity contribution in [1.82, 2.24) is 4.90 Å². The zero-order valence-electron chi connectivity index (χ0n) is 19.6. The minimum absolute atomic E-state index is 0.0183. The minimum Gasteiger partial charge on any atom is -0.394 e. The third-order valence-corrected chi connectivity index (χ3v) is 7.15. The minimum atomic E-state index is -0.384. The molecule has 0 aromatic heterocycles. The summed E-state index contributed by atoms with van der Waals surface area (Å²) < 4.78 is 0. The van der Waals surface area contributed by atoms with Crippen molar-refractivity contribution >= 4 is 11.7 Å². The number of Topliss-reactive ketones (excluding diaryl/α,β-unsaturated/α-hetero) is 1. The molecule has 0 spiro atoms. The first-order chi connectivity index (χ1) is 15.1. The van der Waals surface area contributed by atoms with Crippen LogP contribution in [0.4, 0.5) is 0 Å². The second kappa shape index (κ2) is 14.8. The molecule has 2 fully saturated rings. The molecule has 0 bridgehead atoms. The smallest absolute Gasteiger partial charge is 0.222 e. The lowest BCUT2D eigenvalue weighted by Crippen LogP contribution is -2.45. The van der Waals surface area contributed by atoms with Crippen molar-refractivity contribution in [2.24, 2.45) is 11.8 Å². The number of piperidine rings is 1. The Kier molecular flexibility index (Phi) is 12.4. The lowest BCUT2D eigenvalue weighted by atomic mass is 9.89. The molecule has 2 rings (SSSR count). The van der Waals surface area contributed by atoms with Crippen LogP contribution in [-0.2, 0) is 9.59 Å². The first kappa shape index (κ1) is 26.1. The molecule has 0 aromatic rings. The molecule has 4 atom stereocenters. The average Bonchev–Trinajstić information content (AvgIpc) is 3.14. The van der Waals surface area contributed by atoms with E-state index in [4.69, 9.17) is 0 Å². The quantitative estimate of drug-likeness (QED) is 0.304. The number of likely N-dealkylation sites (tertiary alicyclic amines) is 1. The lowest BCUT2D eigenvalue weighted by molar-refractivity contribution is -0.136. The predicted molar refractivity (Wildman–Crippen MR) is 125 cm³/mol. The van der Waals surface area contributed by atoms with Crippen LogP contribution in [0.5, 0.6) is 0 Å². The van der Waals surface area contributed by atoms with Gasteiger partial charge in [0.05, 0.1) is 18.8 Å². The maximum atomic E-state index is 12.4. The number of ketones is 1. The fourth-order valence-corrected chi connectivity index (χ4v) is 5.17. The van der Waals surface area contributed by atoms with E-state index in [2.05, 4.69) is 13.0 Å². The highest BCUT2D eigenvalue weighted by molar-refractivity contribution is 5.83. The summed E-state index contributed by atoms with van der Waals surface area (Å²) in [6.07, 6.45) is 17.9. The van der Waals surface area contributed by atoms with Crippen molar-refractivity contribution in [3.8, 4) is 0 Å². The van der Waals surface area contributed by atoms with Gasteiger partial charge in [0, 0.05) is 25.3 Å². The van der Waals surface area contributed by atoms with Crippen LogP contribution >= 0.6 is 0 Å². The standard InChI is InChI=1S/C26H45NO4/c1-2-3-6-12-23(29)17-15-21-16-18-25(30)24(21)13-7-4-5-8-14-26(31)27-19-10-9-11-22(27)20-28/h15,17,21-24,28-29H,2-14,16,18-20H2,1H3/b17-15+/t21-,22?,23-,24+/m0/s1. The second-order valence-electron chi connectivity index (χ2n) is 9.60. The molecule has 5 nitrogen and oxygen atoms in total. The van der Waals surface area contributed by atoms with E-state index in [1.807, 2.05) is 11.0 Å². The van der Waals surface area contributed by atoms with Crippen molar-refractivity contribution in [2.45, 2.75) is 115 Å². The number of hydrogen-bond acceptors (Lipinski definition) is 4. The van der Waals surface area contributed by atoms with Gasteiger partial charge in [-0.25, -0.2) is 0 Å². The van der Waals surface area contributed by atoms with Gasteiger partial charge in [-0.3, -0.25) is 9.59 Å². The van der Waals surface area contributed by atoms with Gasteiger partial charge in [0.2, 0.25) is 5.91 Å². The van der Waals surface area contributed by atoms with Crippen molar-refractivity contribution in [3.05, 3.63) is 12.2 Å². The normalized spacial score (nSPS) is 25.5. The molecule has 2 aliphatic rings. The van der Waals surface area contributed by atoms with E-state index in [0.717, 1.165) is 90.0 Å². The molecule has 1 saturated heterocycles. The van der Waals surface area contributed by atoms with Crippen LogP contribution in [0.2, 0.25) is 0 Å². The Morgan fingerprint density at radius 3 is 2.71 bits per heavy atom. The number of amides is 1. The van der Waals surface area contributed by atoms with E-state index in [9.17, 15) is 19.8 Å². The summed E-state index contributed by atoms with van der Waals surface area (Å²) in [5, 5.41) is 19.6. The molecule has 1 heterocycles. The van der Waals surface area contributed by atoms with Gasteiger partial charge in [-0.15, -0.1) is 0 Å². The highest BCUT2D eigenvalue weighted by atomic mass is 16.3. The summed E-state index contributed by atoms with van der Waals surface area (Å²) >= 11 is 0. The number of nitrogens with zero attached hydrogens (tertiary/aromatic N) is 1. The number of aliphatic hydroxyl groups is 2. The Labute approximate surface area is 189 Å². The van der Waals surface area contributed by atoms with Crippen molar-refractivity contribution < 1.29 is 19.8 Å². The number of rotatable bonds is 14. The molecule has 1 unspecified atom stereocenters. The van der Waals surface area contributed by atoms with Gasteiger partial charge < -0.3 is 15.1 Å². The molecule has 0 aromatic carbocycles. The van der Waals surface area contributed by atoms with Crippen molar-refractivity contribution in [3.63, 3.8) is 0 Å². The predicted octanol–water partition coefficient (Wildman–Crippen LogP) is 4.79. The lowest BCUT2D eigenvalue weighted by Gasteiger charge is -2.34. The van der Waals surface area contributed by atoms with Crippen LogP contribution in [-0.4, -0.2) is 52.1 Å². The van der Waals surface area contributed by atoms with E-state index in [1.165, 1.54) is 0 Å². The van der Waals surface area contributed by atoms with E-state index in [-0.39, 0.29) is 36.5 Å². The van der Waals surface area contributed by atoms with Gasteiger partial charge >= 0.3 is 0 Å². The molecule has 31 heavy (non-hydrogen) atoms. The summed E-state index contributed by atoms with van der Waals surface area (Å²) in [5.41, 5.74) is 0. The Morgan fingerprint density at radius 2 is 1.94 bits per heavy atom. The molecule has 1 aliphatic carbocycles. The van der Waals surface area contributed by atoms with Gasteiger partial charge in [0.15, 0.2) is 0 Å².